The van der Waals surface area contributed by atoms with Crippen LogP contribution in [0.25, 0.3) is 0 Å². The molecule has 0 aliphatic heterocycles. The van der Waals surface area contributed by atoms with Crippen LogP contribution >= 0.6 is 11.8 Å². The first kappa shape index (κ1) is 20.0. The lowest BCUT2D eigenvalue weighted by Gasteiger charge is -2.17. The predicted octanol–water partition coefficient (Wildman–Crippen LogP) is 3.12. The van der Waals surface area contributed by atoms with Crippen LogP contribution in [0.5, 0.6) is 0 Å². The molecule has 26 heavy (non-hydrogen) atoms. The van der Waals surface area contributed by atoms with Crippen LogP contribution in [0.1, 0.15) is 37.8 Å². The van der Waals surface area contributed by atoms with Crippen molar-refractivity contribution in [1.82, 2.24) is 15.6 Å². The lowest BCUT2D eigenvalue weighted by atomic mass is 10.0. The molecule has 1 aromatic carbocycles. The molecule has 0 saturated heterocycles. The van der Waals surface area contributed by atoms with E-state index in [0.29, 0.717) is 18.2 Å². The highest BCUT2D eigenvalue weighted by Crippen LogP contribution is 2.22. The highest BCUT2D eigenvalue weighted by atomic mass is 32.2. The summed E-state index contributed by atoms with van der Waals surface area (Å²) in [6.45, 7) is 6.11. The van der Waals surface area contributed by atoms with Crippen molar-refractivity contribution >= 4 is 23.6 Å². The van der Waals surface area contributed by atoms with E-state index in [1.54, 1.807) is 24.2 Å². The summed E-state index contributed by atoms with van der Waals surface area (Å²) in [5.74, 6) is 0.538. The molecular formula is C20H25N3O2S. The van der Waals surface area contributed by atoms with Gasteiger partial charge in [-0.25, -0.2) is 0 Å². The number of thioether (sulfide) groups is 1. The van der Waals surface area contributed by atoms with Crippen LogP contribution in [-0.2, 0) is 16.1 Å². The lowest BCUT2D eigenvalue weighted by molar-refractivity contribution is -0.127. The number of rotatable bonds is 8. The quantitative estimate of drug-likeness (QED) is 0.700. The summed E-state index contributed by atoms with van der Waals surface area (Å²) in [5.41, 5.74) is 2.20. The molecule has 1 unspecified atom stereocenters. The normalized spacial score (nSPS) is 11.8. The molecule has 0 bridgehead atoms. The predicted molar refractivity (Wildman–Crippen MR) is 105 cm³/mol. The first-order chi connectivity index (χ1) is 12.5. The number of nitrogens with zero attached hydrogens (tertiary/aromatic N) is 1. The first-order valence-electron chi connectivity index (χ1n) is 8.62. The highest BCUT2D eigenvalue weighted by molar-refractivity contribution is 7.99. The van der Waals surface area contributed by atoms with E-state index in [0.717, 1.165) is 10.5 Å². The van der Waals surface area contributed by atoms with Gasteiger partial charge in [0.05, 0.1) is 0 Å². The largest absolute Gasteiger partial charge is 0.350 e. The monoisotopic (exact) mass is 371 g/mol. The van der Waals surface area contributed by atoms with Crippen LogP contribution < -0.4 is 10.6 Å². The molecule has 138 valence electrons. The van der Waals surface area contributed by atoms with E-state index in [4.69, 9.17) is 0 Å². The minimum atomic E-state index is -0.584. The fourth-order valence-electron chi connectivity index (χ4n) is 2.37. The molecule has 0 aliphatic rings. The molecule has 2 aromatic rings. The van der Waals surface area contributed by atoms with E-state index in [-0.39, 0.29) is 11.8 Å². The van der Waals surface area contributed by atoms with Crippen molar-refractivity contribution in [2.45, 2.75) is 44.2 Å². The molecule has 0 saturated carbocycles. The van der Waals surface area contributed by atoms with Gasteiger partial charge in [0, 0.05) is 36.5 Å². The fourth-order valence-corrected chi connectivity index (χ4v) is 3.29. The lowest BCUT2D eigenvalue weighted by Crippen LogP contribution is -2.47. The third-order valence-corrected chi connectivity index (χ3v) is 4.95. The SMILES string of the molecule is CC(=O)NC(CSc1ccc(C(C)C)cc1)C(=O)NCc1cccnc1. The molecule has 1 aromatic heterocycles. The second kappa shape index (κ2) is 9.97. The van der Waals surface area contributed by atoms with Crippen LogP contribution in [0.2, 0.25) is 0 Å². The molecule has 0 fully saturated rings. The Morgan fingerprint density at radius 1 is 1.15 bits per heavy atom. The zero-order valence-corrected chi connectivity index (χ0v) is 16.2. The standard InChI is InChI=1S/C20H25N3O2S/c1-14(2)17-6-8-18(9-7-17)26-13-19(23-15(3)24)20(25)22-12-16-5-4-10-21-11-16/h4-11,14,19H,12-13H2,1-3H3,(H,22,25)(H,23,24). The molecule has 0 spiro atoms. The second-order valence-corrected chi connectivity index (χ2v) is 7.46. The average Bonchev–Trinajstić information content (AvgIpc) is 2.64. The van der Waals surface area contributed by atoms with Crippen molar-refractivity contribution in [3.8, 4) is 0 Å². The van der Waals surface area contributed by atoms with Gasteiger partial charge in [-0.05, 0) is 35.2 Å². The molecule has 0 radical (unpaired) electrons. The van der Waals surface area contributed by atoms with Gasteiger partial charge < -0.3 is 10.6 Å². The van der Waals surface area contributed by atoms with Gasteiger partial charge in [-0.3, -0.25) is 14.6 Å². The molecule has 1 atom stereocenters. The molecule has 2 N–H and O–H groups in total. The second-order valence-electron chi connectivity index (χ2n) is 6.37. The van der Waals surface area contributed by atoms with Gasteiger partial charge in [-0.2, -0.15) is 0 Å². The summed E-state index contributed by atoms with van der Waals surface area (Å²) < 4.78 is 0. The summed E-state index contributed by atoms with van der Waals surface area (Å²) >= 11 is 1.55. The van der Waals surface area contributed by atoms with Crippen molar-refractivity contribution in [2.24, 2.45) is 0 Å². The number of pyridine rings is 1. The van der Waals surface area contributed by atoms with Crippen molar-refractivity contribution in [2.75, 3.05) is 5.75 Å². The van der Waals surface area contributed by atoms with Gasteiger partial charge >= 0.3 is 0 Å². The van der Waals surface area contributed by atoms with Crippen molar-refractivity contribution < 1.29 is 9.59 Å². The Labute approximate surface area is 159 Å². The number of hydrogen-bond donors (Lipinski definition) is 2. The summed E-state index contributed by atoms with van der Waals surface area (Å²) in [6.07, 6.45) is 3.39. The van der Waals surface area contributed by atoms with E-state index >= 15 is 0 Å². The van der Waals surface area contributed by atoms with Crippen molar-refractivity contribution in [3.63, 3.8) is 0 Å². The van der Waals surface area contributed by atoms with E-state index < -0.39 is 6.04 Å². The Morgan fingerprint density at radius 3 is 2.46 bits per heavy atom. The Morgan fingerprint density at radius 2 is 1.88 bits per heavy atom. The number of nitrogens with one attached hydrogen (secondary N) is 2. The van der Waals surface area contributed by atoms with E-state index in [9.17, 15) is 9.59 Å². The zero-order valence-electron chi connectivity index (χ0n) is 15.4. The molecule has 1 heterocycles. The molecule has 2 rings (SSSR count). The van der Waals surface area contributed by atoms with E-state index in [2.05, 4.69) is 53.7 Å². The van der Waals surface area contributed by atoms with E-state index in [1.807, 2.05) is 12.1 Å². The minimum Gasteiger partial charge on any atom is -0.350 e. The fraction of sp³-hybridized carbons (Fsp3) is 0.350. The Kier molecular flexibility index (Phi) is 7.66. The van der Waals surface area contributed by atoms with Gasteiger partial charge in [0.1, 0.15) is 6.04 Å². The number of benzene rings is 1. The van der Waals surface area contributed by atoms with Crippen LogP contribution in [0.15, 0.2) is 53.7 Å². The number of aromatic nitrogens is 1. The molecule has 0 aliphatic carbocycles. The highest BCUT2D eigenvalue weighted by Gasteiger charge is 2.19. The van der Waals surface area contributed by atoms with E-state index in [1.165, 1.54) is 12.5 Å². The Bertz CT molecular complexity index is 718. The summed E-state index contributed by atoms with van der Waals surface area (Å²) in [6, 6.07) is 11.4. The van der Waals surface area contributed by atoms with Gasteiger partial charge in [0.2, 0.25) is 11.8 Å². The smallest absolute Gasteiger partial charge is 0.243 e. The summed E-state index contributed by atoms with van der Waals surface area (Å²) in [4.78, 5) is 29.0. The Balaban J connectivity index is 1.93. The first-order valence-corrected chi connectivity index (χ1v) is 9.60. The van der Waals surface area contributed by atoms with Gasteiger partial charge in [-0.1, -0.05) is 32.0 Å². The number of hydrogen-bond acceptors (Lipinski definition) is 4. The molecule has 6 heteroatoms. The maximum absolute atomic E-state index is 12.5. The van der Waals surface area contributed by atoms with Crippen LogP contribution in [0.3, 0.4) is 0 Å². The Hall–Kier alpha value is -2.34. The van der Waals surface area contributed by atoms with Crippen LogP contribution in [0, 0.1) is 0 Å². The third kappa shape index (κ3) is 6.52. The number of carbonyl (C=O) groups is 2. The van der Waals surface area contributed by atoms with Gasteiger partial charge in [-0.15, -0.1) is 11.8 Å². The van der Waals surface area contributed by atoms with Crippen LogP contribution in [-0.4, -0.2) is 28.6 Å². The third-order valence-electron chi connectivity index (χ3n) is 3.85. The maximum Gasteiger partial charge on any atom is 0.243 e. The maximum atomic E-state index is 12.5. The van der Waals surface area contributed by atoms with Crippen molar-refractivity contribution in [3.05, 3.63) is 59.9 Å². The number of amides is 2. The molecule has 2 amide bonds. The summed E-state index contributed by atoms with van der Waals surface area (Å²) in [5, 5.41) is 5.59. The summed E-state index contributed by atoms with van der Waals surface area (Å²) in [7, 11) is 0. The van der Waals surface area contributed by atoms with Gasteiger partial charge in [0.25, 0.3) is 0 Å². The molecular weight excluding hydrogens is 346 g/mol. The van der Waals surface area contributed by atoms with Gasteiger partial charge in [0.15, 0.2) is 0 Å². The average molecular weight is 372 g/mol. The van der Waals surface area contributed by atoms with Crippen molar-refractivity contribution in [1.29, 1.82) is 0 Å². The minimum absolute atomic E-state index is 0.199. The topological polar surface area (TPSA) is 71.1 Å². The number of carbonyl (C=O) groups excluding carboxylic acids is 2. The van der Waals surface area contributed by atoms with Crippen LogP contribution in [0.4, 0.5) is 0 Å². The zero-order chi connectivity index (χ0) is 18.9. The molecule has 5 nitrogen and oxygen atoms in total.